The second-order valence-corrected chi connectivity index (χ2v) is 37.7. The van der Waals surface area contributed by atoms with Gasteiger partial charge in [0.2, 0.25) is 0 Å². The highest BCUT2D eigenvalue weighted by molar-refractivity contribution is 6.05. The lowest BCUT2D eigenvalue weighted by atomic mass is 9.65. The lowest BCUT2D eigenvalue weighted by Gasteiger charge is -2.41. The molecule has 0 amide bonds. The van der Waals surface area contributed by atoms with Gasteiger partial charge < -0.3 is 9.80 Å². The molecule has 4 bridgehead atoms. The van der Waals surface area contributed by atoms with Crippen LogP contribution in [-0.4, -0.2) is 6.04 Å². The molecule has 2 nitrogen and oxygen atoms in total. The first kappa shape index (κ1) is 72.3. The number of allylic oxidation sites excluding steroid dienone is 2. The van der Waals surface area contributed by atoms with Gasteiger partial charge in [-0.1, -0.05) is 389 Å². The standard InChI is InChI=1S/C124H92N2/c1-4-30-82(31-5-1)91-36-15-24-54-115(91)126(118-57-27-18-42-99(118)101-46-29-53-112-120(101)103-44-14-20-48-106(103)122(112)78-80-59-66-88(122)73-80)90-68-70-97-94-39-11-22-50-108(94)124(114(97)76-90)109-51-23-12-40-95(109)104-74-84(64-71-110(104)124)81-60-62-83(63-61-81)92-37-16-25-55-116(92)125(89-67-69-96-93-38-10-21-49-107(93)123(113(96)75-89,85-32-6-2-7-33-85)86-34-8-3-9-35-86)117-56-26-17-41-98(117)100-45-28-52-111-119(100)102-43-13-19-47-105(102)121(111)77-79-58-65-87(121)72-79/h1-57,60-64,67-71,74,76,79-80,87-89H,58-59,65-66,72-73,75,77-78H2. The summed E-state index contributed by atoms with van der Waals surface area (Å²) in [6.45, 7) is 0. The summed E-state index contributed by atoms with van der Waals surface area (Å²) in [5.74, 6) is 2.87. The van der Waals surface area contributed by atoms with E-state index in [-0.39, 0.29) is 16.9 Å². The number of nitrogens with zero attached hydrogens (tertiary/aromatic N) is 2. The molecule has 8 atom stereocenters. The summed E-state index contributed by atoms with van der Waals surface area (Å²) in [4.78, 5) is 5.37. The Morgan fingerprint density at radius 3 is 1.20 bits per heavy atom. The molecule has 0 saturated heterocycles. The van der Waals surface area contributed by atoms with E-state index in [1.165, 1.54) is 224 Å². The van der Waals surface area contributed by atoms with Crippen LogP contribution in [0.4, 0.5) is 28.4 Å². The Morgan fingerprint density at radius 2 is 0.643 bits per heavy atom. The van der Waals surface area contributed by atoms with Crippen molar-refractivity contribution in [2.75, 3.05) is 9.80 Å². The lowest BCUT2D eigenvalue weighted by molar-refractivity contribution is 0.327. The molecule has 0 N–H and O–H groups in total. The van der Waals surface area contributed by atoms with Gasteiger partial charge in [0.05, 0.1) is 28.2 Å². The molecule has 3 spiro atoms. The van der Waals surface area contributed by atoms with Crippen molar-refractivity contribution in [3.63, 3.8) is 0 Å². The molecule has 17 aromatic rings. The second kappa shape index (κ2) is 27.7. The molecule has 0 heterocycles. The Labute approximate surface area is 738 Å². The van der Waals surface area contributed by atoms with E-state index in [4.69, 9.17) is 0 Å². The Hall–Kier alpha value is -14.2. The summed E-state index contributed by atoms with van der Waals surface area (Å²) in [6, 6.07) is 157. The summed E-state index contributed by atoms with van der Waals surface area (Å²) in [5.41, 5.74) is 47.1. The third kappa shape index (κ3) is 9.93. The van der Waals surface area contributed by atoms with Crippen LogP contribution in [0.2, 0.25) is 0 Å². The predicted octanol–water partition coefficient (Wildman–Crippen LogP) is 31.3. The van der Waals surface area contributed by atoms with Crippen molar-refractivity contribution < 1.29 is 0 Å². The Balaban J connectivity index is 0.598. The van der Waals surface area contributed by atoms with Crippen molar-refractivity contribution in [3.05, 3.63) is 491 Å². The van der Waals surface area contributed by atoms with E-state index in [2.05, 4.69) is 428 Å². The number of fused-ring (bicyclic) bond motifs is 28. The molecule has 8 unspecified atom stereocenters. The highest BCUT2D eigenvalue weighted by Gasteiger charge is 2.60. The molecular weight excluding hydrogens is 1520 g/mol. The van der Waals surface area contributed by atoms with Crippen LogP contribution < -0.4 is 9.80 Å². The van der Waals surface area contributed by atoms with Gasteiger partial charge in [-0.15, -0.1) is 0 Å². The van der Waals surface area contributed by atoms with Crippen LogP contribution >= 0.6 is 0 Å². The SMILES string of the molecule is C1=CC(N(c2ccccc2-c2ccc(-c3ccc4c(c3)-c3ccccc3C43c4ccccc4-c4ccc(N(c5ccccc5-c5ccccc5)c5ccccc5-c5cccc6c5-c5ccccc5C65CC6CCC5C6)cc43)cc2)c2ccccc2-c2cccc3c2-c2ccccc2C32CC3CCC2C3)CC2=C1c1ccccc1C2(c1ccccc1)c1ccccc1. The zero-order valence-corrected chi connectivity index (χ0v) is 70.5. The van der Waals surface area contributed by atoms with Gasteiger partial charge in [0.1, 0.15) is 0 Å². The Bertz CT molecular complexity index is 7410. The third-order valence-electron chi connectivity index (χ3n) is 32.3. The van der Waals surface area contributed by atoms with Gasteiger partial charge in [-0.05, 0) is 267 Å². The zero-order valence-electron chi connectivity index (χ0n) is 70.5. The van der Waals surface area contributed by atoms with Gasteiger partial charge >= 0.3 is 0 Å². The van der Waals surface area contributed by atoms with E-state index in [9.17, 15) is 0 Å². The molecule has 0 aromatic heterocycles. The summed E-state index contributed by atoms with van der Waals surface area (Å²) in [5, 5.41) is 0. The first-order chi connectivity index (χ1) is 62.5. The van der Waals surface area contributed by atoms with Crippen LogP contribution in [0.1, 0.15) is 125 Å². The van der Waals surface area contributed by atoms with Crippen LogP contribution in [0, 0.1) is 23.7 Å². The molecule has 0 radical (unpaired) electrons. The summed E-state index contributed by atoms with van der Waals surface area (Å²) >= 11 is 0. The largest absolute Gasteiger partial charge is 0.333 e. The molecule has 0 aliphatic heterocycles. The molecule has 10 aliphatic rings. The van der Waals surface area contributed by atoms with Gasteiger partial charge in [0.15, 0.2) is 0 Å². The number of benzene rings is 17. The number of hydrogen-bond acceptors (Lipinski definition) is 2. The summed E-state index contributed by atoms with van der Waals surface area (Å²) < 4.78 is 0. The van der Waals surface area contributed by atoms with Gasteiger partial charge in [-0.25, -0.2) is 0 Å². The molecule has 17 aromatic carbocycles. The van der Waals surface area contributed by atoms with E-state index in [1.807, 2.05) is 0 Å². The first-order valence-electron chi connectivity index (χ1n) is 46.2. The monoisotopic (exact) mass is 1610 g/mol. The van der Waals surface area contributed by atoms with Crippen LogP contribution in [-0.2, 0) is 21.7 Å². The maximum absolute atomic E-state index is 2.76. The quantitative estimate of drug-likeness (QED) is 0.114. The van der Waals surface area contributed by atoms with Gasteiger partial charge in [-0.2, -0.15) is 0 Å². The minimum absolute atomic E-state index is 0.0429. The minimum Gasteiger partial charge on any atom is -0.333 e. The normalized spacial score (nSPS) is 21.7. The van der Waals surface area contributed by atoms with Crippen molar-refractivity contribution in [3.8, 4) is 100 Å². The molecule has 10 aliphatic carbocycles. The fourth-order valence-corrected chi connectivity index (χ4v) is 27.7. The molecule has 598 valence electrons. The second-order valence-electron chi connectivity index (χ2n) is 37.7. The van der Waals surface area contributed by atoms with E-state index in [0.717, 1.165) is 35.3 Å². The van der Waals surface area contributed by atoms with Gasteiger partial charge in [0, 0.05) is 50.1 Å². The fourth-order valence-electron chi connectivity index (χ4n) is 27.7. The first-order valence-corrected chi connectivity index (χ1v) is 46.2. The van der Waals surface area contributed by atoms with Crippen LogP contribution in [0.15, 0.2) is 424 Å². The van der Waals surface area contributed by atoms with Crippen molar-refractivity contribution in [1.82, 2.24) is 0 Å². The van der Waals surface area contributed by atoms with E-state index in [1.54, 1.807) is 16.7 Å². The van der Waals surface area contributed by atoms with E-state index >= 15 is 0 Å². The molecule has 2 heteroatoms. The number of hydrogen-bond donors (Lipinski definition) is 0. The summed E-state index contributed by atoms with van der Waals surface area (Å²) in [6.07, 6.45) is 16.3. The predicted molar refractivity (Wildman–Crippen MR) is 520 cm³/mol. The maximum Gasteiger partial charge on any atom is 0.0726 e. The maximum atomic E-state index is 2.76. The van der Waals surface area contributed by atoms with Crippen molar-refractivity contribution in [2.45, 2.75) is 85.5 Å². The number of para-hydroxylation sites is 4. The number of rotatable bonds is 13. The van der Waals surface area contributed by atoms with E-state index < -0.39 is 10.8 Å². The van der Waals surface area contributed by atoms with Crippen LogP contribution in [0.25, 0.3) is 106 Å². The third-order valence-corrected chi connectivity index (χ3v) is 32.3. The average molecular weight is 1610 g/mol. The fraction of sp³-hybridized carbons (Fsp3) is 0.145. The molecular formula is C124H92N2. The topological polar surface area (TPSA) is 6.48 Å². The lowest BCUT2D eigenvalue weighted by Crippen LogP contribution is -2.37. The highest BCUT2D eigenvalue weighted by atomic mass is 15.2. The molecule has 4 fully saturated rings. The van der Waals surface area contributed by atoms with Gasteiger partial charge in [-0.3, -0.25) is 0 Å². The molecule has 27 rings (SSSR count). The average Bonchev–Trinajstić information content (AvgIpc) is 1.50. The zero-order chi connectivity index (χ0) is 82.6. The van der Waals surface area contributed by atoms with Crippen LogP contribution in [0.3, 0.4) is 0 Å². The highest BCUT2D eigenvalue weighted by Crippen LogP contribution is 2.71. The smallest absolute Gasteiger partial charge is 0.0726 e. The Morgan fingerprint density at radius 1 is 0.246 bits per heavy atom. The number of anilines is 5. The minimum atomic E-state index is -0.631. The summed E-state index contributed by atoms with van der Waals surface area (Å²) in [7, 11) is 0. The van der Waals surface area contributed by atoms with Crippen molar-refractivity contribution >= 4 is 34.0 Å². The van der Waals surface area contributed by atoms with Crippen molar-refractivity contribution in [2.24, 2.45) is 23.7 Å². The van der Waals surface area contributed by atoms with E-state index in [0.29, 0.717) is 11.8 Å². The van der Waals surface area contributed by atoms with Crippen LogP contribution in [0.5, 0.6) is 0 Å². The molecule has 126 heavy (non-hydrogen) atoms. The van der Waals surface area contributed by atoms with Gasteiger partial charge in [0.25, 0.3) is 0 Å². The molecule has 4 saturated carbocycles. The Kier molecular flexibility index (Phi) is 15.9. The van der Waals surface area contributed by atoms with Crippen molar-refractivity contribution in [1.29, 1.82) is 0 Å².